The smallest absolute Gasteiger partial charge is 0.256 e. The highest BCUT2D eigenvalue weighted by Crippen LogP contribution is 2.33. The van der Waals surface area contributed by atoms with Gasteiger partial charge in [-0.25, -0.2) is 8.78 Å². The van der Waals surface area contributed by atoms with Gasteiger partial charge in [0, 0.05) is 62.4 Å². The predicted molar refractivity (Wildman–Crippen MR) is 112 cm³/mol. The van der Waals surface area contributed by atoms with E-state index < -0.39 is 17.5 Å². The molecule has 1 unspecified atom stereocenters. The van der Waals surface area contributed by atoms with Crippen molar-refractivity contribution in [1.82, 2.24) is 20.0 Å². The minimum Gasteiger partial charge on any atom is -0.338 e. The van der Waals surface area contributed by atoms with Gasteiger partial charge < -0.3 is 4.90 Å². The number of carbonyl (C=O) groups is 1. The van der Waals surface area contributed by atoms with Gasteiger partial charge in [-0.2, -0.15) is 5.10 Å². The predicted octanol–water partition coefficient (Wildman–Crippen LogP) is 3.88. The van der Waals surface area contributed by atoms with Crippen LogP contribution in [0, 0.1) is 11.6 Å². The molecule has 0 radical (unpaired) electrons. The van der Waals surface area contributed by atoms with E-state index >= 15 is 0 Å². The van der Waals surface area contributed by atoms with Crippen molar-refractivity contribution in [3.05, 3.63) is 88.2 Å². The van der Waals surface area contributed by atoms with Gasteiger partial charge in [-0.1, -0.05) is 30.3 Å². The Bertz CT molecular complexity index is 1100. The van der Waals surface area contributed by atoms with Crippen molar-refractivity contribution >= 4 is 5.91 Å². The minimum atomic E-state index is -0.817. The molecule has 1 saturated heterocycles. The number of aromatic amines is 1. The molecule has 3 heterocycles. The number of carbonyl (C=O) groups excluding carboxylic acids is 1. The molecule has 2 aromatic carbocycles. The van der Waals surface area contributed by atoms with Crippen LogP contribution in [0.3, 0.4) is 0 Å². The molecular formula is C24H24F2N4O. The molecule has 0 spiro atoms. The fourth-order valence-corrected chi connectivity index (χ4v) is 4.69. The van der Waals surface area contributed by atoms with Gasteiger partial charge in [0.05, 0.1) is 11.3 Å². The molecule has 5 rings (SSSR count). The maximum Gasteiger partial charge on any atom is 0.256 e. The lowest BCUT2D eigenvalue weighted by atomic mass is 9.96. The van der Waals surface area contributed by atoms with Crippen LogP contribution in [0.4, 0.5) is 8.78 Å². The fourth-order valence-electron chi connectivity index (χ4n) is 4.69. The van der Waals surface area contributed by atoms with Crippen molar-refractivity contribution in [3.8, 4) is 0 Å². The summed E-state index contributed by atoms with van der Waals surface area (Å²) in [4.78, 5) is 16.8. The van der Waals surface area contributed by atoms with E-state index in [1.54, 1.807) is 4.90 Å². The van der Waals surface area contributed by atoms with E-state index in [0.717, 1.165) is 50.3 Å². The largest absolute Gasteiger partial charge is 0.338 e. The lowest BCUT2D eigenvalue weighted by molar-refractivity contribution is 0.0786. The Kier molecular flexibility index (Phi) is 5.28. The Morgan fingerprint density at radius 1 is 1.13 bits per heavy atom. The molecule has 0 saturated carbocycles. The van der Waals surface area contributed by atoms with E-state index in [-0.39, 0.29) is 11.5 Å². The lowest BCUT2D eigenvalue weighted by Crippen LogP contribution is -2.31. The zero-order chi connectivity index (χ0) is 21.4. The summed E-state index contributed by atoms with van der Waals surface area (Å²) >= 11 is 0. The Labute approximate surface area is 179 Å². The number of rotatable bonds is 4. The highest BCUT2D eigenvalue weighted by Gasteiger charge is 2.34. The van der Waals surface area contributed by atoms with E-state index in [1.807, 2.05) is 6.07 Å². The van der Waals surface area contributed by atoms with Crippen LogP contribution in [0.2, 0.25) is 0 Å². The lowest BCUT2D eigenvalue weighted by Gasteiger charge is -2.27. The zero-order valence-corrected chi connectivity index (χ0v) is 17.2. The van der Waals surface area contributed by atoms with Gasteiger partial charge in [0.15, 0.2) is 0 Å². The summed E-state index contributed by atoms with van der Waals surface area (Å²) in [6.07, 6.45) is 1.70. The molecule has 1 atom stereocenters. The average molecular weight is 422 g/mol. The first kappa shape index (κ1) is 19.9. The van der Waals surface area contributed by atoms with E-state index in [2.05, 4.69) is 39.4 Å². The summed E-state index contributed by atoms with van der Waals surface area (Å²) < 4.78 is 27.2. The summed E-state index contributed by atoms with van der Waals surface area (Å²) in [5, 5.41) is 7.80. The first-order valence-electron chi connectivity index (χ1n) is 10.6. The maximum absolute atomic E-state index is 14.1. The van der Waals surface area contributed by atoms with E-state index in [0.29, 0.717) is 13.1 Å². The molecule has 0 bridgehead atoms. The number of benzene rings is 2. The van der Waals surface area contributed by atoms with E-state index in [4.69, 9.17) is 0 Å². The van der Waals surface area contributed by atoms with Crippen molar-refractivity contribution < 1.29 is 13.6 Å². The number of amides is 1. The van der Waals surface area contributed by atoms with Gasteiger partial charge in [-0.3, -0.25) is 14.8 Å². The van der Waals surface area contributed by atoms with Crippen LogP contribution in [0.25, 0.3) is 0 Å². The zero-order valence-electron chi connectivity index (χ0n) is 17.2. The van der Waals surface area contributed by atoms with Crippen molar-refractivity contribution in [2.75, 3.05) is 19.6 Å². The Balaban J connectivity index is 1.29. The Morgan fingerprint density at radius 2 is 1.97 bits per heavy atom. The van der Waals surface area contributed by atoms with E-state index in [1.165, 1.54) is 22.9 Å². The second-order valence-corrected chi connectivity index (χ2v) is 8.37. The first-order chi connectivity index (χ1) is 15.1. The van der Waals surface area contributed by atoms with Crippen LogP contribution >= 0.6 is 0 Å². The topological polar surface area (TPSA) is 52.2 Å². The van der Waals surface area contributed by atoms with Crippen molar-refractivity contribution in [2.24, 2.45) is 0 Å². The monoisotopic (exact) mass is 422 g/mol. The number of nitrogens with one attached hydrogen (secondary N) is 1. The number of H-pyrrole nitrogens is 1. The summed E-state index contributed by atoms with van der Waals surface area (Å²) in [5.74, 6) is -1.78. The van der Waals surface area contributed by atoms with Crippen LogP contribution in [-0.4, -0.2) is 45.5 Å². The van der Waals surface area contributed by atoms with Gasteiger partial charge >= 0.3 is 0 Å². The molecule has 31 heavy (non-hydrogen) atoms. The second-order valence-electron chi connectivity index (χ2n) is 8.37. The number of aromatic nitrogens is 2. The number of hydrogen-bond acceptors (Lipinski definition) is 3. The van der Waals surface area contributed by atoms with Crippen LogP contribution < -0.4 is 0 Å². The quantitative estimate of drug-likeness (QED) is 0.694. The Hall–Kier alpha value is -3.06. The number of nitrogens with zero attached hydrogens (tertiary/aromatic N) is 3. The van der Waals surface area contributed by atoms with Gasteiger partial charge in [0.2, 0.25) is 0 Å². The molecule has 1 aromatic heterocycles. The number of fused-ring (bicyclic) bond motifs is 1. The molecule has 160 valence electrons. The minimum absolute atomic E-state index is 0.0832. The number of likely N-dealkylation sites (tertiary alicyclic amines) is 1. The summed E-state index contributed by atoms with van der Waals surface area (Å²) in [6.45, 7) is 3.72. The van der Waals surface area contributed by atoms with Gasteiger partial charge in [-0.05, 0) is 24.1 Å². The standard InChI is InChI=1S/C24H24F2N4O/c25-18-6-7-19(21(26)12-18)24(31)30-11-8-17(14-30)23-20-15-29(10-9-22(20)27-28-23)13-16-4-2-1-3-5-16/h1-7,12,17H,8-11,13-15H2,(H,27,28). The molecule has 1 fully saturated rings. The molecule has 2 aliphatic heterocycles. The van der Waals surface area contributed by atoms with Crippen LogP contribution in [0.1, 0.15) is 45.2 Å². The number of halogens is 2. The highest BCUT2D eigenvalue weighted by molar-refractivity contribution is 5.94. The molecule has 1 N–H and O–H groups in total. The third-order valence-electron chi connectivity index (χ3n) is 6.32. The van der Waals surface area contributed by atoms with Gasteiger partial charge in [0.1, 0.15) is 11.6 Å². The average Bonchev–Trinajstić information content (AvgIpc) is 3.41. The van der Waals surface area contributed by atoms with Gasteiger partial charge in [0.25, 0.3) is 5.91 Å². The first-order valence-corrected chi connectivity index (χ1v) is 10.6. The number of hydrogen-bond donors (Lipinski definition) is 1. The third kappa shape index (κ3) is 3.97. The van der Waals surface area contributed by atoms with Crippen LogP contribution in [-0.2, 0) is 19.5 Å². The maximum atomic E-state index is 14.1. The third-order valence-corrected chi connectivity index (χ3v) is 6.32. The van der Waals surface area contributed by atoms with Gasteiger partial charge in [-0.15, -0.1) is 0 Å². The fraction of sp³-hybridized carbons (Fsp3) is 0.333. The molecule has 5 nitrogen and oxygen atoms in total. The summed E-state index contributed by atoms with van der Waals surface area (Å²) in [5.41, 5.74) is 4.63. The van der Waals surface area contributed by atoms with Crippen LogP contribution in [0.15, 0.2) is 48.5 Å². The Morgan fingerprint density at radius 3 is 2.77 bits per heavy atom. The van der Waals surface area contributed by atoms with Crippen molar-refractivity contribution in [2.45, 2.75) is 31.8 Å². The molecule has 2 aliphatic rings. The van der Waals surface area contributed by atoms with E-state index in [9.17, 15) is 13.6 Å². The summed E-state index contributed by atoms with van der Waals surface area (Å²) in [7, 11) is 0. The molecule has 7 heteroatoms. The van der Waals surface area contributed by atoms with Crippen molar-refractivity contribution in [3.63, 3.8) is 0 Å². The molecule has 0 aliphatic carbocycles. The van der Waals surface area contributed by atoms with Crippen LogP contribution in [0.5, 0.6) is 0 Å². The molecule has 3 aromatic rings. The highest BCUT2D eigenvalue weighted by atomic mass is 19.1. The second kappa shape index (κ2) is 8.23. The van der Waals surface area contributed by atoms with Crippen molar-refractivity contribution in [1.29, 1.82) is 0 Å². The molecular weight excluding hydrogens is 398 g/mol. The normalized spacial score (nSPS) is 18.9. The summed E-state index contributed by atoms with van der Waals surface area (Å²) in [6, 6.07) is 13.5. The SMILES string of the molecule is O=C(c1ccc(F)cc1F)N1CCC(c2n[nH]c3c2CN(Cc2ccccc2)CC3)C1. The molecule has 1 amide bonds.